The normalized spacial score (nSPS) is 17.8. The largest absolute Gasteiger partial charge is 0.462 e. The molecule has 218 valence electrons. The zero-order valence-corrected chi connectivity index (χ0v) is 24.8. The second kappa shape index (κ2) is 18.0. The van der Waals surface area contributed by atoms with Crippen molar-refractivity contribution in [2.75, 3.05) is 19.8 Å². The number of hydrogen-bond acceptors (Lipinski definition) is 5. The van der Waals surface area contributed by atoms with Gasteiger partial charge in [0.1, 0.15) is 0 Å². The molecule has 5 heteroatoms. The van der Waals surface area contributed by atoms with E-state index in [0.29, 0.717) is 42.8 Å². The molecule has 1 fully saturated rings. The highest BCUT2D eigenvalue weighted by Crippen LogP contribution is 2.39. The molecule has 5 nitrogen and oxygen atoms in total. The van der Waals surface area contributed by atoms with E-state index < -0.39 is 12.6 Å². The summed E-state index contributed by atoms with van der Waals surface area (Å²) in [5.74, 6) is 0.657. The lowest BCUT2D eigenvalue weighted by Gasteiger charge is -2.31. The van der Waals surface area contributed by atoms with E-state index in [1.165, 1.54) is 68.1 Å². The van der Waals surface area contributed by atoms with Crippen molar-refractivity contribution in [3.05, 3.63) is 59.2 Å². The number of carbonyl (C=O) groups is 2. The molecule has 39 heavy (non-hydrogen) atoms. The van der Waals surface area contributed by atoms with Crippen LogP contribution in [0.25, 0.3) is 0 Å². The van der Waals surface area contributed by atoms with Crippen LogP contribution in [0.4, 0.5) is 0 Å². The number of hydrogen-bond donors (Lipinski definition) is 1. The van der Waals surface area contributed by atoms with Crippen LogP contribution in [0, 0.1) is 11.8 Å². The second-order valence-electron chi connectivity index (χ2n) is 11.2. The van der Waals surface area contributed by atoms with Gasteiger partial charge in [-0.05, 0) is 105 Å². The molecule has 0 aromatic heterocycles. The average Bonchev–Trinajstić information content (AvgIpc) is 2.96. The van der Waals surface area contributed by atoms with Gasteiger partial charge >= 0.3 is 11.9 Å². The van der Waals surface area contributed by atoms with E-state index in [1.807, 2.05) is 6.92 Å². The summed E-state index contributed by atoms with van der Waals surface area (Å²) in [4.78, 5) is 23.9. The third-order valence-electron chi connectivity index (χ3n) is 8.36. The first kappa shape index (κ1) is 32.8. The fourth-order valence-corrected chi connectivity index (χ4v) is 5.67. The van der Waals surface area contributed by atoms with Crippen LogP contribution in [0.1, 0.15) is 114 Å². The van der Waals surface area contributed by atoms with Gasteiger partial charge in [0.2, 0.25) is 0 Å². The maximum absolute atomic E-state index is 12.0. The predicted molar refractivity (Wildman–Crippen MR) is 159 cm³/mol. The average molecular weight is 541 g/mol. The van der Waals surface area contributed by atoms with E-state index in [9.17, 15) is 9.59 Å². The summed E-state index contributed by atoms with van der Waals surface area (Å²) in [5.41, 5.74) is 5.10. The minimum Gasteiger partial charge on any atom is -0.462 e. The lowest BCUT2D eigenvalue weighted by Crippen LogP contribution is -2.20. The number of aliphatic hydroxyl groups is 1. The number of benzene rings is 1. The van der Waals surface area contributed by atoms with Gasteiger partial charge in [-0.2, -0.15) is 0 Å². The van der Waals surface area contributed by atoms with Crippen LogP contribution in [0.3, 0.4) is 0 Å². The summed E-state index contributed by atoms with van der Waals surface area (Å²) in [6.45, 7) is 13.9. The van der Waals surface area contributed by atoms with Gasteiger partial charge in [0, 0.05) is 5.57 Å². The Morgan fingerprint density at radius 1 is 0.923 bits per heavy atom. The van der Waals surface area contributed by atoms with Gasteiger partial charge < -0.3 is 14.6 Å². The number of aliphatic hydroxyl groups excluding tert-OH is 1. The molecule has 2 rings (SSSR count). The highest BCUT2D eigenvalue weighted by atomic mass is 16.5. The van der Waals surface area contributed by atoms with Crippen molar-refractivity contribution in [2.45, 2.75) is 110 Å². The topological polar surface area (TPSA) is 72.8 Å². The minimum absolute atomic E-state index is 0.0668. The zero-order valence-electron chi connectivity index (χ0n) is 24.8. The maximum atomic E-state index is 12.0. The number of rotatable bonds is 18. The zero-order chi connectivity index (χ0) is 28.6. The number of unbranched alkanes of at least 4 members (excludes halogenated alkanes) is 2. The van der Waals surface area contributed by atoms with Crippen LogP contribution < -0.4 is 0 Å². The SMILES string of the molecule is C=C(CC)C(=O)OCCC(CCOC(=O)C(=C)CO)CC1CCC(c2ccc(CCCCC)c(CC)c2)CC1. The first-order valence-electron chi connectivity index (χ1n) is 15.2. The van der Waals surface area contributed by atoms with Crippen LogP contribution >= 0.6 is 0 Å². The summed E-state index contributed by atoms with van der Waals surface area (Å²) in [6, 6.07) is 7.23. The molecule has 1 saturated carbocycles. The molecule has 0 spiro atoms. The van der Waals surface area contributed by atoms with Crippen molar-refractivity contribution in [3.63, 3.8) is 0 Å². The summed E-state index contributed by atoms with van der Waals surface area (Å²) in [6.07, 6.45) is 14.0. The van der Waals surface area contributed by atoms with Gasteiger partial charge in [-0.25, -0.2) is 9.59 Å². The molecule has 1 unspecified atom stereocenters. The van der Waals surface area contributed by atoms with E-state index >= 15 is 0 Å². The van der Waals surface area contributed by atoms with Crippen LogP contribution in [-0.4, -0.2) is 36.9 Å². The first-order valence-corrected chi connectivity index (χ1v) is 15.2. The summed E-state index contributed by atoms with van der Waals surface area (Å²) in [7, 11) is 0. The number of ether oxygens (including phenoxy) is 2. The lowest BCUT2D eigenvalue weighted by molar-refractivity contribution is -0.139. The summed E-state index contributed by atoms with van der Waals surface area (Å²) < 4.78 is 10.8. The molecule has 1 aromatic rings. The van der Waals surface area contributed by atoms with Crippen molar-refractivity contribution < 1.29 is 24.2 Å². The second-order valence-corrected chi connectivity index (χ2v) is 11.2. The van der Waals surface area contributed by atoms with Crippen molar-refractivity contribution in [1.82, 2.24) is 0 Å². The molecule has 1 atom stereocenters. The third-order valence-corrected chi connectivity index (χ3v) is 8.36. The van der Waals surface area contributed by atoms with E-state index in [1.54, 1.807) is 0 Å². The highest BCUT2D eigenvalue weighted by Gasteiger charge is 2.26. The Hall–Kier alpha value is -2.40. The number of esters is 2. The smallest absolute Gasteiger partial charge is 0.335 e. The molecular formula is C34H52O5. The van der Waals surface area contributed by atoms with Crippen LogP contribution in [0.5, 0.6) is 0 Å². The highest BCUT2D eigenvalue weighted by molar-refractivity contribution is 5.88. The Balaban J connectivity index is 1.92. The molecule has 0 saturated heterocycles. The molecule has 1 N–H and O–H groups in total. The Morgan fingerprint density at radius 2 is 1.56 bits per heavy atom. The Labute approximate surface area is 237 Å². The van der Waals surface area contributed by atoms with E-state index in [4.69, 9.17) is 14.6 Å². The maximum Gasteiger partial charge on any atom is 0.335 e. The quantitative estimate of drug-likeness (QED) is 0.118. The fraction of sp³-hybridized carbons (Fsp3) is 0.647. The standard InChI is InChI=1S/C34H52O5/c1-6-9-10-11-30-16-17-32(23-29(30)8-3)31-14-12-27(13-15-31)22-28(18-20-38-33(36)25(4)7-2)19-21-39-34(37)26(5)24-35/h16-17,23,27-28,31,35H,4-15,18-22,24H2,1-3H3. The Bertz CT molecular complexity index is 892. The number of aryl methyl sites for hydroxylation is 2. The van der Waals surface area contributed by atoms with E-state index in [0.717, 1.165) is 19.3 Å². The molecule has 0 amide bonds. The molecule has 0 bridgehead atoms. The predicted octanol–water partition coefficient (Wildman–Crippen LogP) is 7.64. The molecule has 1 aromatic carbocycles. The molecular weight excluding hydrogens is 488 g/mol. The van der Waals surface area contributed by atoms with Gasteiger partial charge in [-0.1, -0.05) is 65.0 Å². The summed E-state index contributed by atoms with van der Waals surface area (Å²) in [5, 5.41) is 9.10. The summed E-state index contributed by atoms with van der Waals surface area (Å²) >= 11 is 0. The lowest BCUT2D eigenvalue weighted by atomic mass is 9.74. The van der Waals surface area contributed by atoms with Gasteiger partial charge in [0.05, 0.1) is 25.4 Å². The van der Waals surface area contributed by atoms with Crippen molar-refractivity contribution in [3.8, 4) is 0 Å². The van der Waals surface area contributed by atoms with Crippen molar-refractivity contribution >= 4 is 11.9 Å². The van der Waals surface area contributed by atoms with Crippen LogP contribution in [0.15, 0.2) is 42.5 Å². The van der Waals surface area contributed by atoms with Crippen LogP contribution in [0.2, 0.25) is 0 Å². The molecule has 0 radical (unpaired) electrons. The van der Waals surface area contributed by atoms with E-state index in [-0.39, 0.29) is 18.1 Å². The molecule has 1 aliphatic rings. The minimum atomic E-state index is -0.551. The Kier molecular flexibility index (Phi) is 15.2. The van der Waals surface area contributed by atoms with Crippen molar-refractivity contribution in [2.24, 2.45) is 11.8 Å². The van der Waals surface area contributed by atoms with Gasteiger partial charge in [0.15, 0.2) is 0 Å². The molecule has 1 aliphatic carbocycles. The van der Waals surface area contributed by atoms with Gasteiger partial charge in [-0.15, -0.1) is 0 Å². The molecule has 0 aliphatic heterocycles. The Morgan fingerprint density at radius 3 is 2.13 bits per heavy atom. The fourth-order valence-electron chi connectivity index (χ4n) is 5.67. The van der Waals surface area contributed by atoms with E-state index in [2.05, 4.69) is 45.2 Å². The third kappa shape index (κ3) is 11.3. The number of carbonyl (C=O) groups excluding carboxylic acids is 2. The van der Waals surface area contributed by atoms with Gasteiger partial charge in [-0.3, -0.25) is 0 Å². The van der Waals surface area contributed by atoms with Crippen molar-refractivity contribution in [1.29, 1.82) is 0 Å². The molecule has 0 heterocycles. The van der Waals surface area contributed by atoms with Gasteiger partial charge in [0.25, 0.3) is 0 Å². The van der Waals surface area contributed by atoms with Crippen LogP contribution in [-0.2, 0) is 31.9 Å². The monoisotopic (exact) mass is 540 g/mol. The first-order chi connectivity index (χ1) is 18.8.